The van der Waals surface area contributed by atoms with E-state index in [1.165, 1.54) is 0 Å². The van der Waals surface area contributed by atoms with Gasteiger partial charge in [-0.2, -0.15) is 0 Å². The maximum Gasteiger partial charge on any atom is 0.0676 e. The highest BCUT2D eigenvalue weighted by Crippen LogP contribution is 1.87. The van der Waals surface area contributed by atoms with E-state index in [4.69, 9.17) is 5.11 Å². The van der Waals surface area contributed by atoms with E-state index < -0.39 is 0 Å². The summed E-state index contributed by atoms with van der Waals surface area (Å²) in [7, 11) is 0. The van der Waals surface area contributed by atoms with Crippen molar-refractivity contribution in [3.05, 3.63) is 24.3 Å². The Labute approximate surface area is 44.0 Å². The van der Waals surface area contributed by atoms with Crippen molar-refractivity contribution in [2.45, 2.75) is 6.92 Å². The second kappa shape index (κ2) is 3.62. The lowest BCUT2D eigenvalue weighted by Crippen LogP contribution is -1.80. The third-order valence-electron chi connectivity index (χ3n) is 0.605. The highest BCUT2D eigenvalue weighted by atomic mass is 16.3. The molecule has 40 valence electrons. The molecule has 0 fully saturated rings. The molecule has 0 saturated carbocycles. The number of hydrogen-bond acceptors (Lipinski definition) is 1. The van der Waals surface area contributed by atoms with E-state index in [2.05, 4.69) is 6.58 Å². The largest absolute Gasteiger partial charge is 0.392 e. The van der Waals surface area contributed by atoms with Crippen LogP contribution in [0, 0.1) is 0 Å². The quantitative estimate of drug-likeness (QED) is 0.513. The molecule has 0 aliphatic carbocycles. The van der Waals surface area contributed by atoms with Gasteiger partial charge in [0.1, 0.15) is 0 Å². The average molecular weight is 98.1 g/mol. The van der Waals surface area contributed by atoms with Gasteiger partial charge in [0.25, 0.3) is 0 Å². The molecular formula is C6H10O. The topological polar surface area (TPSA) is 20.2 Å². The zero-order valence-corrected chi connectivity index (χ0v) is 4.52. The third kappa shape index (κ3) is 3.27. The number of allylic oxidation sites excluding steroid dienone is 1. The first kappa shape index (κ1) is 6.44. The Bertz CT molecular complexity index is 82.2. The van der Waals surface area contributed by atoms with Crippen molar-refractivity contribution in [1.29, 1.82) is 0 Å². The van der Waals surface area contributed by atoms with Crippen molar-refractivity contribution < 1.29 is 5.11 Å². The zero-order valence-electron chi connectivity index (χ0n) is 4.52. The Kier molecular flexibility index (Phi) is 3.33. The molecule has 0 saturated heterocycles. The van der Waals surface area contributed by atoms with Gasteiger partial charge in [-0.05, 0) is 12.5 Å². The van der Waals surface area contributed by atoms with Gasteiger partial charge >= 0.3 is 0 Å². The van der Waals surface area contributed by atoms with Crippen LogP contribution >= 0.6 is 0 Å². The van der Waals surface area contributed by atoms with Gasteiger partial charge in [0, 0.05) is 0 Å². The molecule has 0 atom stereocenters. The summed E-state index contributed by atoms with van der Waals surface area (Å²) in [5.74, 6) is 0. The smallest absolute Gasteiger partial charge is 0.0676 e. The summed E-state index contributed by atoms with van der Waals surface area (Å²) < 4.78 is 0. The minimum absolute atomic E-state index is 0.0599. The van der Waals surface area contributed by atoms with E-state index in [0.717, 1.165) is 5.57 Å². The van der Waals surface area contributed by atoms with Crippen LogP contribution in [0.25, 0.3) is 0 Å². The molecule has 7 heavy (non-hydrogen) atoms. The number of hydrogen-bond donors (Lipinski definition) is 1. The molecule has 1 N–H and O–H groups in total. The predicted molar refractivity (Wildman–Crippen MR) is 31.0 cm³/mol. The first-order chi connectivity index (χ1) is 3.31. The van der Waals surface area contributed by atoms with Crippen LogP contribution in [-0.2, 0) is 0 Å². The van der Waals surface area contributed by atoms with Crippen LogP contribution in [0.5, 0.6) is 0 Å². The SMILES string of the molecule is C=C(C=CC)CO. The van der Waals surface area contributed by atoms with Crippen LogP contribution in [0.4, 0.5) is 0 Å². The fourth-order valence-corrected chi connectivity index (χ4v) is 0.288. The molecule has 1 nitrogen and oxygen atoms in total. The van der Waals surface area contributed by atoms with E-state index in [0.29, 0.717) is 0 Å². The molecule has 0 bridgehead atoms. The second-order valence-corrected chi connectivity index (χ2v) is 1.32. The van der Waals surface area contributed by atoms with Crippen LogP contribution in [-0.4, -0.2) is 11.7 Å². The lowest BCUT2D eigenvalue weighted by Gasteiger charge is -1.85. The third-order valence-corrected chi connectivity index (χ3v) is 0.605. The lowest BCUT2D eigenvalue weighted by molar-refractivity contribution is 0.335. The maximum absolute atomic E-state index is 8.32. The van der Waals surface area contributed by atoms with Gasteiger partial charge < -0.3 is 5.11 Å². The van der Waals surface area contributed by atoms with Crippen molar-refractivity contribution in [2.24, 2.45) is 0 Å². The molecule has 0 amide bonds. The Hall–Kier alpha value is -0.560. The summed E-state index contributed by atoms with van der Waals surface area (Å²) in [6.07, 6.45) is 3.62. The van der Waals surface area contributed by atoms with Crippen molar-refractivity contribution in [1.82, 2.24) is 0 Å². The van der Waals surface area contributed by atoms with E-state index in [9.17, 15) is 0 Å². The van der Waals surface area contributed by atoms with Gasteiger partial charge in [-0.3, -0.25) is 0 Å². The summed E-state index contributed by atoms with van der Waals surface area (Å²) in [5.41, 5.74) is 0.752. The number of aliphatic hydroxyl groups excluding tert-OH is 1. The van der Waals surface area contributed by atoms with Gasteiger partial charge in [0.15, 0.2) is 0 Å². The summed E-state index contributed by atoms with van der Waals surface area (Å²) in [6.45, 7) is 5.48. The fraction of sp³-hybridized carbons (Fsp3) is 0.333. The van der Waals surface area contributed by atoms with Gasteiger partial charge in [-0.25, -0.2) is 0 Å². The summed E-state index contributed by atoms with van der Waals surface area (Å²) in [4.78, 5) is 0. The predicted octanol–water partition coefficient (Wildman–Crippen LogP) is 1.11. The van der Waals surface area contributed by atoms with Gasteiger partial charge in [-0.15, -0.1) is 0 Å². The number of aliphatic hydroxyl groups is 1. The van der Waals surface area contributed by atoms with E-state index in [-0.39, 0.29) is 6.61 Å². The van der Waals surface area contributed by atoms with Crippen LogP contribution in [0.1, 0.15) is 6.92 Å². The van der Waals surface area contributed by atoms with Crippen LogP contribution in [0.3, 0.4) is 0 Å². The highest BCUT2D eigenvalue weighted by molar-refractivity contribution is 5.13. The maximum atomic E-state index is 8.32. The minimum atomic E-state index is 0.0599. The Balaban J connectivity index is 3.37. The highest BCUT2D eigenvalue weighted by Gasteiger charge is 1.76. The van der Waals surface area contributed by atoms with Crippen LogP contribution < -0.4 is 0 Å². The lowest BCUT2D eigenvalue weighted by atomic mass is 10.3. The van der Waals surface area contributed by atoms with Crippen molar-refractivity contribution in [2.75, 3.05) is 6.61 Å². The van der Waals surface area contributed by atoms with Gasteiger partial charge in [-0.1, -0.05) is 18.7 Å². The minimum Gasteiger partial charge on any atom is -0.392 e. The molecule has 0 aliphatic rings. The van der Waals surface area contributed by atoms with Crippen molar-refractivity contribution >= 4 is 0 Å². The van der Waals surface area contributed by atoms with E-state index in [1.54, 1.807) is 6.08 Å². The number of rotatable bonds is 2. The second-order valence-electron chi connectivity index (χ2n) is 1.32. The first-order valence-corrected chi connectivity index (χ1v) is 2.22. The molecule has 0 rings (SSSR count). The first-order valence-electron chi connectivity index (χ1n) is 2.22. The molecule has 0 radical (unpaired) electrons. The zero-order chi connectivity index (χ0) is 5.70. The summed E-state index contributed by atoms with van der Waals surface area (Å²) in [6, 6.07) is 0. The van der Waals surface area contributed by atoms with Gasteiger partial charge in [0.2, 0.25) is 0 Å². The molecule has 0 aromatic heterocycles. The molecular weight excluding hydrogens is 88.1 g/mol. The van der Waals surface area contributed by atoms with Crippen molar-refractivity contribution in [3.8, 4) is 0 Å². The van der Waals surface area contributed by atoms with E-state index in [1.807, 2.05) is 13.0 Å². The monoisotopic (exact) mass is 98.1 g/mol. The summed E-state index contributed by atoms with van der Waals surface area (Å²) in [5, 5.41) is 8.32. The molecule has 1 heteroatoms. The Morgan fingerprint density at radius 1 is 1.86 bits per heavy atom. The Morgan fingerprint density at radius 3 is 2.57 bits per heavy atom. The summed E-state index contributed by atoms with van der Waals surface area (Å²) >= 11 is 0. The molecule has 0 spiro atoms. The Morgan fingerprint density at radius 2 is 2.43 bits per heavy atom. The fourth-order valence-electron chi connectivity index (χ4n) is 0.288. The van der Waals surface area contributed by atoms with Gasteiger partial charge in [0.05, 0.1) is 6.61 Å². The van der Waals surface area contributed by atoms with Crippen molar-refractivity contribution in [3.63, 3.8) is 0 Å². The van der Waals surface area contributed by atoms with Crippen LogP contribution in [0.2, 0.25) is 0 Å². The molecule has 0 heterocycles. The molecule has 0 unspecified atom stereocenters. The standard InChI is InChI=1S/C6H10O/c1-3-4-6(2)5-7/h3-4,7H,2,5H2,1H3. The van der Waals surface area contributed by atoms with Crippen LogP contribution in [0.15, 0.2) is 24.3 Å². The van der Waals surface area contributed by atoms with E-state index >= 15 is 0 Å². The molecule has 0 aliphatic heterocycles. The molecule has 0 aromatic rings. The average Bonchev–Trinajstić information content (AvgIpc) is 1.68. The molecule has 0 aromatic carbocycles. The normalized spacial score (nSPS) is 10.0.